The molecule has 2 atom stereocenters. The fourth-order valence-electron chi connectivity index (χ4n) is 5.82. The van der Waals surface area contributed by atoms with Crippen LogP contribution in [-0.2, 0) is 29.1 Å². The Balaban J connectivity index is 1.23. The van der Waals surface area contributed by atoms with E-state index in [9.17, 15) is 14.4 Å². The van der Waals surface area contributed by atoms with Crippen molar-refractivity contribution in [2.24, 2.45) is 0 Å². The first kappa shape index (κ1) is 29.3. The van der Waals surface area contributed by atoms with Gasteiger partial charge in [-0.05, 0) is 66.6 Å². The summed E-state index contributed by atoms with van der Waals surface area (Å²) in [6.45, 7) is 3.71. The molecule has 0 saturated carbocycles. The number of benzene rings is 3. The van der Waals surface area contributed by atoms with Gasteiger partial charge in [0.05, 0.1) is 12.7 Å². The van der Waals surface area contributed by atoms with Gasteiger partial charge in [0.25, 0.3) is 5.91 Å². The fraction of sp³-hybridized carbons (Fsp3) is 0.382. The number of rotatable bonds is 7. The van der Waals surface area contributed by atoms with Crippen LogP contribution in [0.4, 0.5) is 10.5 Å². The number of hydrogen-bond donors (Lipinski definition) is 1. The van der Waals surface area contributed by atoms with E-state index in [1.807, 2.05) is 78.6 Å². The Morgan fingerprint density at radius 1 is 0.976 bits per heavy atom. The maximum atomic E-state index is 13.6. The van der Waals surface area contributed by atoms with Crippen molar-refractivity contribution in [2.45, 2.75) is 57.9 Å². The van der Waals surface area contributed by atoms with Crippen molar-refractivity contribution in [3.8, 4) is 0 Å². The Labute approximate surface area is 248 Å². The van der Waals surface area contributed by atoms with Gasteiger partial charge in [-0.25, -0.2) is 4.79 Å². The SMILES string of the molecule is Cc1cc(C(=O)N2CCCCc3ccccc32)ccc1CNC(=O)N1C[C@H](OCc2ccccc2)C[C@H]1C(=O)N(C)C. The third-order valence-corrected chi connectivity index (χ3v) is 8.20. The molecule has 42 heavy (non-hydrogen) atoms. The molecular weight excluding hydrogens is 528 g/mol. The Hall–Kier alpha value is -4.17. The summed E-state index contributed by atoms with van der Waals surface area (Å²) in [5, 5.41) is 3.00. The minimum Gasteiger partial charge on any atom is -0.372 e. The fourth-order valence-corrected chi connectivity index (χ4v) is 5.82. The number of likely N-dealkylation sites (tertiary alicyclic amines) is 1. The number of ether oxygens (including phenoxy) is 1. The van der Waals surface area contributed by atoms with Crippen LogP contribution in [0.1, 0.15) is 51.9 Å². The number of para-hydroxylation sites is 1. The van der Waals surface area contributed by atoms with E-state index in [1.165, 1.54) is 10.5 Å². The maximum Gasteiger partial charge on any atom is 0.318 e. The zero-order valence-electron chi connectivity index (χ0n) is 24.7. The third kappa shape index (κ3) is 6.65. The number of aryl methyl sites for hydroxylation is 2. The predicted molar refractivity (Wildman–Crippen MR) is 163 cm³/mol. The Morgan fingerprint density at radius 3 is 2.50 bits per heavy atom. The van der Waals surface area contributed by atoms with Crippen LogP contribution in [0.3, 0.4) is 0 Å². The molecule has 2 aliphatic heterocycles. The van der Waals surface area contributed by atoms with E-state index in [2.05, 4.69) is 11.4 Å². The van der Waals surface area contributed by atoms with Gasteiger partial charge in [0.2, 0.25) is 5.91 Å². The summed E-state index contributed by atoms with van der Waals surface area (Å²) >= 11 is 0. The summed E-state index contributed by atoms with van der Waals surface area (Å²) in [6, 6.07) is 22.8. The lowest BCUT2D eigenvalue weighted by molar-refractivity contribution is -0.132. The number of anilines is 1. The van der Waals surface area contributed by atoms with Crippen molar-refractivity contribution in [3.63, 3.8) is 0 Å². The van der Waals surface area contributed by atoms with Crippen molar-refractivity contribution in [1.82, 2.24) is 15.1 Å². The molecule has 4 amide bonds. The lowest BCUT2D eigenvalue weighted by Crippen LogP contribution is -2.49. The molecule has 0 bridgehead atoms. The van der Waals surface area contributed by atoms with Crippen LogP contribution in [0.15, 0.2) is 72.8 Å². The number of amides is 4. The zero-order chi connectivity index (χ0) is 29.6. The molecule has 0 aromatic heterocycles. The van der Waals surface area contributed by atoms with E-state index >= 15 is 0 Å². The monoisotopic (exact) mass is 568 g/mol. The van der Waals surface area contributed by atoms with E-state index in [4.69, 9.17) is 4.74 Å². The molecule has 2 heterocycles. The molecule has 0 unspecified atom stereocenters. The molecule has 2 aliphatic rings. The van der Waals surface area contributed by atoms with Gasteiger partial charge in [-0.2, -0.15) is 0 Å². The van der Waals surface area contributed by atoms with Crippen LogP contribution in [0.5, 0.6) is 0 Å². The zero-order valence-corrected chi connectivity index (χ0v) is 24.7. The first-order chi connectivity index (χ1) is 20.3. The first-order valence-corrected chi connectivity index (χ1v) is 14.7. The second-order valence-corrected chi connectivity index (χ2v) is 11.4. The third-order valence-electron chi connectivity index (χ3n) is 8.20. The number of carbonyl (C=O) groups excluding carboxylic acids is 3. The minimum absolute atomic E-state index is 0.00770. The highest BCUT2D eigenvalue weighted by atomic mass is 16.5. The van der Waals surface area contributed by atoms with E-state index in [-0.39, 0.29) is 23.9 Å². The summed E-state index contributed by atoms with van der Waals surface area (Å²) in [7, 11) is 3.40. The van der Waals surface area contributed by atoms with Gasteiger partial charge < -0.3 is 24.8 Å². The lowest BCUT2D eigenvalue weighted by Gasteiger charge is -2.26. The number of nitrogens with zero attached hydrogens (tertiary/aromatic N) is 3. The van der Waals surface area contributed by atoms with Gasteiger partial charge in [0, 0.05) is 51.4 Å². The number of hydrogen-bond acceptors (Lipinski definition) is 4. The highest BCUT2D eigenvalue weighted by Crippen LogP contribution is 2.28. The van der Waals surface area contributed by atoms with E-state index < -0.39 is 6.04 Å². The van der Waals surface area contributed by atoms with Gasteiger partial charge in [0.1, 0.15) is 6.04 Å². The van der Waals surface area contributed by atoms with Gasteiger partial charge in [-0.3, -0.25) is 9.59 Å². The van der Waals surface area contributed by atoms with Crippen molar-refractivity contribution in [3.05, 3.63) is 101 Å². The van der Waals surface area contributed by atoms with Crippen LogP contribution in [0.25, 0.3) is 0 Å². The predicted octanol–water partition coefficient (Wildman–Crippen LogP) is 4.94. The Kier molecular flexibility index (Phi) is 9.22. The first-order valence-electron chi connectivity index (χ1n) is 14.7. The molecule has 0 radical (unpaired) electrons. The number of likely N-dealkylation sites (N-methyl/N-ethyl adjacent to an activating group) is 1. The Bertz CT molecular complexity index is 1420. The highest BCUT2D eigenvalue weighted by molar-refractivity contribution is 6.06. The van der Waals surface area contributed by atoms with Gasteiger partial charge in [-0.1, -0.05) is 54.6 Å². The number of fused-ring (bicyclic) bond motifs is 1. The minimum atomic E-state index is -0.585. The molecule has 1 fully saturated rings. The summed E-state index contributed by atoms with van der Waals surface area (Å²) in [4.78, 5) is 44.8. The number of carbonyl (C=O) groups is 3. The molecule has 5 rings (SSSR count). The second kappa shape index (κ2) is 13.2. The molecule has 1 saturated heterocycles. The molecule has 0 aliphatic carbocycles. The molecule has 3 aromatic rings. The number of urea groups is 1. The van der Waals surface area contributed by atoms with Crippen LogP contribution in [0, 0.1) is 6.92 Å². The maximum absolute atomic E-state index is 13.6. The van der Waals surface area contributed by atoms with Crippen LogP contribution < -0.4 is 10.2 Å². The Morgan fingerprint density at radius 2 is 1.74 bits per heavy atom. The molecule has 0 spiro atoms. The van der Waals surface area contributed by atoms with Crippen LogP contribution in [0.2, 0.25) is 0 Å². The molecule has 1 N–H and O–H groups in total. The van der Waals surface area contributed by atoms with Gasteiger partial charge in [-0.15, -0.1) is 0 Å². The smallest absolute Gasteiger partial charge is 0.318 e. The van der Waals surface area contributed by atoms with E-state index in [1.54, 1.807) is 19.0 Å². The van der Waals surface area contributed by atoms with Crippen LogP contribution in [-0.4, -0.2) is 67.0 Å². The van der Waals surface area contributed by atoms with Gasteiger partial charge >= 0.3 is 6.03 Å². The van der Waals surface area contributed by atoms with Gasteiger partial charge in [0.15, 0.2) is 0 Å². The topological polar surface area (TPSA) is 82.2 Å². The average molecular weight is 569 g/mol. The second-order valence-electron chi connectivity index (χ2n) is 11.4. The average Bonchev–Trinajstić information content (AvgIpc) is 3.32. The highest BCUT2D eigenvalue weighted by Gasteiger charge is 2.40. The van der Waals surface area contributed by atoms with Crippen molar-refractivity contribution < 1.29 is 19.1 Å². The molecule has 3 aromatic carbocycles. The van der Waals surface area contributed by atoms with Crippen LogP contribution >= 0.6 is 0 Å². The van der Waals surface area contributed by atoms with Crippen molar-refractivity contribution >= 4 is 23.5 Å². The standard InChI is InChI=1S/C34H40N4O4/c1-24-19-27(32(39)37-18-10-9-14-26-13-7-8-15-30(26)37)16-17-28(24)21-35-34(41)38-22-29(20-31(38)33(40)36(2)3)42-23-25-11-5-4-6-12-25/h4-8,11-13,15-17,19,29,31H,9-10,14,18,20-23H2,1-3H3,(H,35,41)/t29-,31+/m1/s1. The molecular formula is C34H40N4O4. The number of nitrogens with one attached hydrogen (secondary N) is 1. The summed E-state index contributed by atoms with van der Waals surface area (Å²) in [6.07, 6.45) is 3.23. The lowest BCUT2D eigenvalue weighted by atomic mass is 10.0. The quantitative estimate of drug-likeness (QED) is 0.438. The molecule has 8 heteroatoms. The van der Waals surface area contributed by atoms with E-state index in [0.29, 0.717) is 38.2 Å². The summed E-state index contributed by atoms with van der Waals surface area (Å²) in [5.41, 5.74) is 5.73. The molecule has 220 valence electrons. The largest absolute Gasteiger partial charge is 0.372 e. The molecule has 8 nitrogen and oxygen atoms in total. The summed E-state index contributed by atoms with van der Waals surface area (Å²) < 4.78 is 6.10. The van der Waals surface area contributed by atoms with Crippen molar-refractivity contribution in [2.75, 3.05) is 32.1 Å². The normalized spacial score (nSPS) is 18.3. The van der Waals surface area contributed by atoms with Crippen molar-refractivity contribution in [1.29, 1.82) is 0 Å². The summed E-state index contributed by atoms with van der Waals surface area (Å²) in [5.74, 6) is -0.128. The van der Waals surface area contributed by atoms with E-state index in [0.717, 1.165) is 41.6 Å².